The maximum Gasteiger partial charge on any atom is 0.274 e. The van der Waals surface area contributed by atoms with Gasteiger partial charge in [-0.1, -0.05) is 18.2 Å². The number of methoxy groups -OCH3 is 2. The zero-order valence-electron chi connectivity index (χ0n) is 17.7. The van der Waals surface area contributed by atoms with E-state index in [1.807, 2.05) is 29.0 Å². The van der Waals surface area contributed by atoms with E-state index in [0.29, 0.717) is 18.8 Å². The molecule has 0 radical (unpaired) electrons. The van der Waals surface area contributed by atoms with Crippen LogP contribution in [0.2, 0.25) is 0 Å². The van der Waals surface area contributed by atoms with Crippen LogP contribution < -0.4 is 14.8 Å². The zero-order chi connectivity index (χ0) is 21.0. The van der Waals surface area contributed by atoms with E-state index < -0.39 is 0 Å². The van der Waals surface area contributed by atoms with Crippen molar-refractivity contribution < 1.29 is 14.3 Å². The highest BCUT2D eigenvalue weighted by Crippen LogP contribution is 2.31. The zero-order valence-corrected chi connectivity index (χ0v) is 17.7. The summed E-state index contributed by atoms with van der Waals surface area (Å²) in [4.78, 5) is 14.2. The van der Waals surface area contributed by atoms with Crippen molar-refractivity contribution in [2.45, 2.75) is 38.4 Å². The van der Waals surface area contributed by atoms with Gasteiger partial charge in [-0.05, 0) is 25.3 Å². The van der Waals surface area contributed by atoms with Crippen LogP contribution in [0, 0.1) is 0 Å². The molecular formula is C22H30N4O3. The minimum Gasteiger partial charge on any atom is -0.493 e. The first-order valence-electron chi connectivity index (χ1n) is 9.84. The maximum atomic E-state index is 12.6. The normalized spacial score (nSPS) is 15.5. The van der Waals surface area contributed by atoms with Crippen molar-refractivity contribution in [3.63, 3.8) is 0 Å². The molecule has 1 aromatic heterocycles. The Bertz CT molecular complexity index is 888. The molecule has 3 rings (SSSR count). The summed E-state index contributed by atoms with van der Waals surface area (Å²) in [7, 11) is 6.81. The average Bonchev–Trinajstić information content (AvgIpc) is 3.09. The molecule has 29 heavy (non-hydrogen) atoms. The fraction of sp³-hybridized carbons (Fsp3) is 0.455. The molecule has 1 aliphatic carbocycles. The number of hydrogen-bond donors (Lipinski definition) is 1. The molecule has 1 N–H and O–H groups in total. The number of aromatic nitrogens is 2. The third-order valence-corrected chi connectivity index (χ3v) is 5.32. The highest BCUT2D eigenvalue weighted by atomic mass is 16.5. The lowest BCUT2D eigenvalue weighted by Crippen LogP contribution is -2.35. The molecule has 7 nitrogen and oxygen atoms in total. The lowest BCUT2D eigenvalue weighted by atomic mass is 9.91. The van der Waals surface area contributed by atoms with Crippen LogP contribution in [0.5, 0.6) is 11.5 Å². The molecule has 1 aromatic carbocycles. The SMILES string of the molecule is C=CCn1nc(C(=O)N(C)C)c2c1CCC(NCc1cccc(OC)c1OC)C2. The molecule has 156 valence electrons. The number of para-hydroxylation sites is 1. The van der Waals surface area contributed by atoms with Crippen molar-refractivity contribution in [3.8, 4) is 11.5 Å². The molecule has 1 atom stereocenters. The Labute approximate surface area is 172 Å². The van der Waals surface area contributed by atoms with Gasteiger partial charge in [0.25, 0.3) is 5.91 Å². The standard InChI is InChI=1S/C22H30N4O3/c1-6-12-26-18-11-10-16(13-17(18)20(24-26)22(27)25(2)3)23-14-15-8-7-9-19(28-4)21(15)29-5/h6-9,16,23H,1,10-14H2,2-5H3. The van der Waals surface area contributed by atoms with E-state index in [2.05, 4.69) is 17.0 Å². The van der Waals surface area contributed by atoms with Crippen LogP contribution >= 0.6 is 0 Å². The number of allylic oxidation sites excluding steroid dienone is 1. The van der Waals surface area contributed by atoms with E-state index in [9.17, 15) is 4.79 Å². The summed E-state index contributed by atoms with van der Waals surface area (Å²) in [6.45, 7) is 5.09. The van der Waals surface area contributed by atoms with Crippen LogP contribution in [0.3, 0.4) is 0 Å². The average molecular weight is 399 g/mol. The van der Waals surface area contributed by atoms with E-state index in [1.54, 1.807) is 33.2 Å². The Morgan fingerprint density at radius 1 is 1.38 bits per heavy atom. The van der Waals surface area contributed by atoms with Crippen molar-refractivity contribution in [3.05, 3.63) is 53.4 Å². The lowest BCUT2D eigenvalue weighted by Gasteiger charge is -2.25. The summed E-state index contributed by atoms with van der Waals surface area (Å²) in [6, 6.07) is 6.15. The van der Waals surface area contributed by atoms with Gasteiger partial charge >= 0.3 is 0 Å². The Morgan fingerprint density at radius 3 is 2.83 bits per heavy atom. The topological polar surface area (TPSA) is 68.6 Å². The third kappa shape index (κ3) is 4.29. The van der Waals surface area contributed by atoms with Gasteiger partial charge in [0.1, 0.15) is 0 Å². The minimum absolute atomic E-state index is 0.0563. The fourth-order valence-electron chi connectivity index (χ4n) is 3.87. The predicted molar refractivity (Wildman–Crippen MR) is 113 cm³/mol. The molecule has 2 aromatic rings. The largest absolute Gasteiger partial charge is 0.493 e. The molecule has 1 heterocycles. The van der Waals surface area contributed by atoms with Crippen LogP contribution in [-0.2, 0) is 25.9 Å². The number of nitrogens with one attached hydrogen (secondary N) is 1. The summed E-state index contributed by atoms with van der Waals surface area (Å²) in [6.07, 6.45) is 4.45. The summed E-state index contributed by atoms with van der Waals surface area (Å²) in [5.41, 5.74) is 3.79. The number of benzene rings is 1. The van der Waals surface area contributed by atoms with E-state index in [-0.39, 0.29) is 11.9 Å². The van der Waals surface area contributed by atoms with Gasteiger partial charge in [0.15, 0.2) is 17.2 Å². The smallest absolute Gasteiger partial charge is 0.274 e. The Kier molecular flexibility index (Phi) is 6.59. The van der Waals surface area contributed by atoms with Gasteiger partial charge in [0, 0.05) is 43.5 Å². The number of rotatable bonds is 8. The number of carbonyl (C=O) groups excluding carboxylic acids is 1. The van der Waals surface area contributed by atoms with E-state index in [0.717, 1.165) is 47.6 Å². The number of hydrogen-bond acceptors (Lipinski definition) is 5. The second-order valence-corrected chi connectivity index (χ2v) is 7.42. The third-order valence-electron chi connectivity index (χ3n) is 5.32. The quantitative estimate of drug-likeness (QED) is 0.692. The summed E-state index contributed by atoms with van der Waals surface area (Å²) < 4.78 is 12.8. The van der Waals surface area contributed by atoms with E-state index >= 15 is 0 Å². The van der Waals surface area contributed by atoms with Crippen LogP contribution in [0.1, 0.15) is 33.7 Å². The van der Waals surface area contributed by atoms with Gasteiger partial charge in [-0.3, -0.25) is 9.48 Å². The number of ether oxygens (including phenoxy) is 2. The molecule has 1 amide bonds. The predicted octanol–water partition coefficient (Wildman–Crippen LogP) is 2.44. The molecule has 0 saturated carbocycles. The van der Waals surface area contributed by atoms with E-state index in [4.69, 9.17) is 9.47 Å². The molecule has 0 spiro atoms. The summed E-state index contributed by atoms with van der Waals surface area (Å²) in [5.74, 6) is 1.42. The van der Waals surface area contributed by atoms with Crippen molar-refractivity contribution >= 4 is 5.91 Å². The van der Waals surface area contributed by atoms with Crippen LogP contribution in [0.4, 0.5) is 0 Å². The molecule has 0 fully saturated rings. The first-order chi connectivity index (χ1) is 14.0. The summed E-state index contributed by atoms with van der Waals surface area (Å²) in [5, 5.41) is 8.22. The first-order valence-corrected chi connectivity index (χ1v) is 9.84. The Hall–Kier alpha value is -2.80. The highest BCUT2D eigenvalue weighted by Gasteiger charge is 2.29. The van der Waals surface area contributed by atoms with Crippen molar-refractivity contribution in [1.82, 2.24) is 20.0 Å². The van der Waals surface area contributed by atoms with E-state index in [1.165, 1.54) is 0 Å². The number of amides is 1. The van der Waals surface area contributed by atoms with Gasteiger partial charge in [-0.2, -0.15) is 5.10 Å². The lowest BCUT2D eigenvalue weighted by molar-refractivity contribution is 0.0820. The van der Waals surface area contributed by atoms with Crippen molar-refractivity contribution in [1.29, 1.82) is 0 Å². The minimum atomic E-state index is -0.0563. The monoisotopic (exact) mass is 398 g/mol. The number of fused-ring (bicyclic) bond motifs is 1. The van der Waals surface area contributed by atoms with Gasteiger partial charge in [-0.15, -0.1) is 6.58 Å². The fourth-order valence-corrected chi connectivity index (χ4v) is 3.87. The van der Waals surface area contributed by atoms with Gasteiger partial charge < -0.3 is 19.7 Å². The first kappa shape index (κ1) is 20.9. The maximum absolute atomic E-state index is 12.6. The van der Waals surface area contributed by atoms with Gasteiger partial charge in [0.2, 0.25) is 0 Å². The molecule has 0 saturated heterocycles. The van der Waals surface area contributed by atoms with Crippen LogP contribution in [0.15, 0.2) is 30.9 Å². The van der Waals surface area contributed by atoms with Crippen LogP contribution in [-0.4, -0.2) is 54.9 Å². The summed E-state index contributed by atoms with van der Waals surface area (Å²) >= 11 is 0. The molecule has 7 heteroatoms. The second-order valence-electron chi connectivity index (χ2n) is 7.42. The van der Waals surface area contributed by atoms with Crippen LogP contribution in [0.25, 0.3) is 0 Å². The molecule has 0 aliphatic heterocycles. The van der Waals surface area contributed by atoms with Gasteiger partial charge in [-0.25, -0.2) is 0 Å². The molecular weight excluding hydrogens is 368 g/mol. The highest BCUT2D eigenvalue weighted by molar-refractivity contribution is 5.93. The Morgan fingerprint density at radius 2 is 2.17 bits per heavy atom. The Balaban J connectivity index is 1.79. The molecule has 0 bridgehead atoms. The molecule has 1 unspecified atom stereocenters. The second kappa shape index (κ2) is 9.13. The number of nitrogens with zero attached hydrogens (tertiary/aromatic N) is 3. The van der Waals surface area contributed by atoms with Crippen molar-refractivity contribution in [2.75, 3.05) is 28.3 Å². The van der Waals surface area contributed by atoms with Gasteiger partial charge in [0.05, 0.1) is 20.8 Å². The number of carbonyl (C=O) groups is 1. The molecule has 1 aliphatic rings. The van der Waals surface area contributed by atoms with Crippen molar-refractivity contribution in [2.24, 2.45) is 0 Å².